The molecule has 0 aliphatic carbocycles. The van der Waals surface area contributed by atoms with Crippen molar-refractivity contribution in [2.75, 3.05) is 7.11 Å². The lowest BCUT2D eigenvalue weighted by molar-refractivity contribution is 0.413. The summed E-state index contributed by atoms with van der Waals surface area (Å²) in [4.78, 5) is 0.183. The van der Waals surface area contributed by atoms with Crippen LogP contribution in [-0.2, 0) is 10.1 Å². The molecule has 0 radical (unpaired) electrons. The molecule has 20 heavy (non-hydrogen) atoms. The van der Waals surface area contributed by atoms with Gasteiger partial charge < -0.3 is 8.92 Å². The van der Waals surface area contributed by atoms with Gasteiger partial charge in [-0.3, -0.25) is 0 Å². The number of rotatable bonds is 4. The lowest BCUT2D eigenvalue weighted by atomic mass is 10.1. The zero-order chi connectivity index (χ0) is 14.8. The number of hydrogen-bond acceptors (Lipinski definition) is 4. The fourth-order valence-electron chi connectivity index (χ4n) is 2.07. The fraction of sp³-hybridized carbons (Fsp3) is 0.200. The molecule has 2 rings (SSSR count). The molecule has 0 unspecified atom stereocenters. The first-order valence-corrected chi connectivity index (χ1v) is 7.49. The summed E-state index contributed by atoms with van der Waals surface area (Å²) in [5, 5.41) is 0. The van der Waals surface area contributed by atoms with Gasteiger partial charge in [-0.15, -0.1) is 0 Å². The van der Waals surface area contributed by atoms with Crippen molar-refractivity contribution >= 4 is 10.1 Å². The first-order chi connectivity index (χ1) is 9.44. The molecule has 4 nitrogen and oxygen atoms in total. The van der Waals surface area contributed by atoms with Gasteiger partial charge in [0.1, 0.15) is 16.4 Å². The largest absolute Gasteiger partial charge is 0.497 e. The minimum atomic E-state index is -3.86. The second kappa shape index (κ2) is 5.54. The molecule has 0 aliphatic heterocycles. The molecule has 0 spiro atoms. The van der Waals surface area contributed by atoms with Crippen molar-refractivity contribution in [3.05, 3.63) is 53.6 Å². The maximum Gasteiger partial charge on any atom is 0.339 e. The van der Waals surface area contributed by atoms with Gasteiger partial charge in [0, 0.05) is 0 Å². The summed E-state index contributed by atoms with van der Waals surface area (Å²) in [5.74, 6) is 0.917. The van der Waals surface area contributed by atoms with E-state index in [1.807, 2.05) is 0 Å². The van der Waals surface area contributed by atoms with E-state index in [9.17, 15) is 8.42 Å². The molecule has 0 bridgehead atoms. The molecule has 0 amide bonds. The maximum atomic E-state index is 12.4. The van der Waals surface area contributed by atoms with Gasteiger partial charge in [0.2, 0.25) is 0 Å². The molecule has 5 heteroatoms. The van der Waals surface area contributed by atoms with E-state index >= 15 is 0 Å². The predicted octanol–water partition coefficient (Wildman–Crippen LogP) is 3.08. The first-order valence-electron chi connectivity index (χ1n) is 6.09. The molecule has 0 saturated carbocycles. The highest BCUT2D eigenvalue weighted by Crippen LogP contribution is 2.28. The normalized spacial score (nSPS) is 11.2. The van der Waals surface area contributed by atoms with Crippen LogP contribution in [0.5, 0.6) is 11.5 Å². The molecule has 106 valence electrons. The Morgan fingerprint density at radius 1 is 0.900 bits per heavy atom. The van der Waals surface area contributed by atoms with Crippen LogP contribution in [0.2, 0.25) is 0 Å². The lowest BCUT2D eigenvalue weighted by Gasteiger charge is -2.13. The van der Waals surface area contributed by atoms with Crippen LogP contribution in [0.3, 0.4) is 0 Å². The molecule has 2 aromatic carbocycles. The summed E-state index contributed by atoms with van der Waals surface area (Å²) in [6.07, 6.45) is 0. The van der Waals surface area contributed by atoms with Gasteiger partial charge in [0.05, 0.1) is 7.11 Å². The lowest BCUT2D eigenvalue weighted by Crippen LogP contribution is -2.13. The van der Waals surface area contributed by atoms with Crippen LogP contribution in [0.4, 0.5) is 0 Å². The van der Waals surface area contributed by atoms with Gasteiger partial charge in [-0.1, -0.05) is 18.2 Å². The Hall–Kier alpha value is -2.01. The molecule has 0 fully saturated rings. The number of aryl methyl sites for hydroxylation is 2. The molecular formula is C15H16O4S. The fourth-order valence-corrected chi connectivity index (χ4v) is 3.42. The Balaban J connectivity index is 2.45. The van der Waals surface area contributed by atoms with Crippen molar-refractivity contribution in [2.45, 2.75) is 18.7 Å². The third-order valence-corrected chi connectivity index (χ3v) is 4.42. The van der Waals surface area contributed by atoms with Crippen LogP contribution in [0, 0.1) is 13.8 Å². The standard InChI is InChI=1S/C15H16O4S/c1-11-9-14(18-3)10-12(2)15(11)20(16,17)19-13-7-5-4-6-8-13/h4-10H,1-3H3. The predicted molar refractivity (Wildman–Crippen MR) is 76.7 cm³/mol. The summed E-state index contributed by atoms with van der Waals surface area (Å²) in [7, 11) is -2.31. The van der Waals surface area contributed by atoms with Crippen molar-refractivity contribution in [3.8, 4) is 11.5 Å². The number of benzene rings is 2. The van der Waals surface area contributed by atoms with E-state index in [0.717, 1.165) is 0 Å². The molecular weight excluding hydrogens is 276 g/mol. The third kappa shape index (κ3) is 2.93. The van der Waals surface area contributed by atoms with E-state index in [4.69, 9.17) is 8.92 Å². The average molecular weight is 292 g/mol. The Bertz CT molecular complexity index is 683. The highest BCUT2D eigenvalue weighted by molar-refractivity contribution is 7.87. The van der Waals surface area contributed by atoms with Crippen molar-refractivity contribution in [1.29, 1.82) is 0 Å². The van der Waals surface area contributed by atoms with E-state index in [0.29, 0.717) is 22.6 Å². The molecule has 0 saturated heterocycles. The summed E-state index contributed by atoms with van der Waals surface area (Å²) in [5.41, 5.74) is 1.19. The highest BCUT2D eigenvalue weighted by atomic mass is 32.2. The maximum absolute atomic E-state index is 12.4. The van der Waals surface area contributed by atoms with Crippen LogP contribution in [0.15, 0.2) is 47.4 Å². The summed E-state index contributed by atoms with van der Waals surface area (Å²) >= 11 is 0. The topological polar surface area (TPSA) is 52.6 Å². The van der Waals surface area contributed by atoms with Gasteiger partial charge in [-0.25, -0.2) is 0 Å². The molecule has 2 aromatic rings. The quantitative estimate of drug-likeness (QED) is 0.813. The second-order valence-electron chi connectivity index (χ2n) is 4.44. The molecule has 0 aliphatic rings. The average Bonchev–Trinajstić information content (AvgIpc) is 2.37. The van der Waals surface area contributed by atoms with E-state index in [2.05, 4.69) is 0 Å². The summed E-state index contributed by atoms with van der Waals surface area (Å²) < 4.78 is 35.0. The van der Waals surface area contributed by atoms with Crippen LogP contribution < -0.4 is 8.92 Å². The SMILES string of the molecule is COc1cc(C)c(S(=O)(=O)Oc2ccccc2)c(C)c1. The zero-order valence-electron chi connectivity index (χ0n) is 11.6. The van der Waals surface area contributed by atoms with E-state index < -0.39 is 10.1 Å². The third-order valence-electron chi connectivity index (χ3n) is 2.87. The molecule has 0 aromatic heterocycles. The van der Waals surface area contributed by atoms with Gasteiger partial charge >= 0.3 is 10.1 Å². The van der Waals surface area contributed by atoms with Gasteiger partial charge in [0.25, 0.3) is 0 Å². The minimum absolute atomic E-state index is 0.183. The van der Waals surface area contributed by atoms with Crippen molar-refractivity contribution in [1.82, 2.24) is 0 Å². The first kappa shape index (κ1) is 14.4. The highest BCUT2D eigenvalue weighted by Gasteiger charge is 2.22. The monoisotopic (exact) mass is 292 g/mol. The van der Waals surface area contributed by atoms with E-state index in [1.54, 1.807) is 63.4 Å². The zero-order valence-corrected chi connectivity index (χ0v) is 12.4. The van der Waals surface area contributed by atoms with E-state index in [1.165, 1.54) is 0 Å². The minimum Gasteiger partial charge on any atom is -0.497 e. The summed E-state index contributed by atoms with van der Waals surface area (Å²) in [6.45, 7) is 3.44. The Kier molecular flexibility index (Phi) is 3.99. The van der Waals surface area contributed by atoms with Crippen molar-refractivity contribution in [2.24, 2.45) is 0 Å². The van der Waals surface area contributed by atoms with Crippen LogP contribution in [0.1, 0.15) is 11.1 Å². The van der Waals surface area contributed by atoms with Crippen LogP contribution in [0.25, 0.3) is 0 Å². The molecule has 0 N–H and O–H groups in total. The van der Waals surface area contributed by atoms with Crippen molar-refractivity contribution < 1.29 is 17.3 Å². The van der Waals surface area contributed by atoms with Crippen LogP contribution in [-0.4, -0.2) is 15.5 Å². The van der Waals surface area contributed by atoms with Gasteiger partial charge in [0.15, 0.2) is 0 Å². The molecule has 0 heterocycles. The molecule has 0 atom stereocenters. The van der Waals surface area contributed by atoms with Crippen molar-refractivity contribution in [3.63, 3.8) is 0 Å². The Morgan fingerprint density at radius 2 is 1.45 bits per heavy atom. The van der Waals surface area contributed by atoms with Gasteiger partial charge in [-0.05, 0) is 49.2 Å². The summed E-state index contributed by atoms with van der Waals surface area (Å²) in [6, 6.07) is 11.8. The Labute approximate surface area is 119 Å². The Morgan fingerprint density at radius 3 is 1.95 bits per heavy atom. The van der Waals surface area contributed by atoms with Crippen LogP contribution >= 0.6 is 0 Å². The smallest absolute Gasteiger partial charge is 0.339 e. The number of methoxy groups -OCH3 is 1. The second-order valence-corrected chi connectivity index (χ2v) is 5.92. The number of ether oxygens (including phenoxy) is 1. The van der Waals surface area contributed by atoms with Gasteiger partial charge in [-0.2, -0.15) is 8.42 Å². The number of hydrogen-bond donors (Lipinski definition) is 0. The number of para-hydroxylation sites is 1. The van der Waals surface area contributed by atoms with E-state index in [-0.39, 0.29) is 4.90 Å².